The van der Waals surface area contributed by atoms with Gasteiger partial charge in [-0.05, 0) is 73.1 Å². The number of hydrogen-bond donors (Lipinski definition) is 1. The molecule has 6 rings (SSSR count). The number of carbonyl (C=O) groups excluding carboxylic acids is 1. The van der Waals surface area contributed by atoms with Crippen molar-refractivity contribution < 1.29 is 21.6 Å². The van der Waals surface area contributed by atoms with E-state index in [9.17, 15) is 21.6 Å². The number of amides is 1. The first-order valence-electron chi connectivity index (χ1n) is 13.1. The van der Waals surface area contributed by atoms with E-state index in [1.165, 1.54) is 16.8 Å². The van der Waals surface area contributed by atoms with Crippen LogP contribution in [0.25, 0.3) is 0 Å². The number of sulfonamides is 2. The van der Waals surface area contributed by atoms with E-state index in [2.05, 4.69) is 4.72 Å². The normalized spacial score (nSPS) is 22.4. The predicted octanol–water partition coefficient (Wildman–Crippen LogP) is 4.10. The molecule has 0 aromatic heterocycles. The van der Waals surface area contributed by atoms with Crippen molar-refractivity contribution in [3.05, 3.63) is 53.6 Å². The lowest BCUT2D eigenvalue weighted by atomic mass is 9.65. The Labute approximate surface area is 219 Å². The minimum Gasteiger partial charge on any atom is -0.307 e. The third-order valence-corrected chi connectivity index (χ3v) is 11.2. The van der Waals surface area contributed by atoms with E-state index in [1.54, 1.807) is 29.2 Å². The van der Waals surface area contributed by atoms with Gasteiger partial charge in [0.2, 0.25) is 20.0 Å². The lowest BCUT2D eigenvalue weighted by Gasteiger charge is -2.54. The summed E-state index contributed by atoms with van der Waals surface area (Å²) < 4.78 is 54.3. The summed E-state index contributed by atoms with van der Waals surface area (Å²) in [5, 5.41) is 0. The summed E-state index contributed by atoms with van der Waals surface area (Å²) in [4.78, 5) is 15.8. The molecular formula is C27H33N3O5S2. The summed E-state index contributed by atoms with van der Waals surface area (Å²) in [5.74, 6) is -0.233. The number of rotatable bonds is 5. The maximum Gasteiger partial charge on any atom is 0.258 e. The molecule has 37 heavy (non-hydrogen) atoms. The Kier molecular flexibility index (Phi) is 5.74. The van der Waals surface area contributed by atoms with Gasteiger partial charge in [0.25, 0.3) is 5.91 Å². The molecule has 0 atom stereocenters. The van der Waals surface area contributed by atoms with E-state index >= 15 is 0 Å². The smallest absolute Gasteiger partial charge is 0.258 e. The van der Waals surface area contributed by atoms with Gasteiger partial charge in [-0.15, -0.1) is 0 Å². The fraction of sp³-hybridized carbons (Fsp3) is 0.519. The molecule has 4 aliphatic rings. The highest BCUT2D eigenvalue weighted by Crippen LogP contribution is 2.51. The molecule has 1 N–H and O–H groups in total. The van der Waals surface area contributed by atoms with Crippen LogP contribution in [0.15, 0.2) is 47.4 Å². The van der Waals surface area contributed by atoms with Gasteiger partial charge in [-0.2, -0.15) is 4.31 Å². The zero-order chi connectivity index (χ0) is 26.1. The molecule has 2 spiro atoms. The Balaban J connectivity index is 1.31. The molecule has 2 aromatic rings. The highest BCUT2D eigenvalue weighted by atomic mass is 32.2. The quantitative estimate of drug-likeness (QED) is 0.612. The van der Waals surface area contributed by atoms with Crippen LogP contribution in [-0.2, 0) is 25.5 Å². The zero-order valence-electron chi connectivity index (χ0n) is 21.1. The zero-order valence-corrected chi connectivity index (χ0v) is 22.7. The van der Waals surface area contributed by atoms with Gasteiger partial charge in [-0.25, -0.2) is 16.8 Å². The van der Waals surface area contributed by atoms with Crippen LogP contribution in [0.3, 0.4) is 0 Å². The summed E-state index contributed by atoms with van der Waals surface area (Å²) in [5.41, 5.74) is 2.55. The Hall–Kier alpha value is -2.43. The average molecular weight is 544 g/mol. The van der Waals surface area contributed by atoms with Gasteiger partial charge in [-0.1, -0.05) is 31.7 Å². The number of carbonyl (C=O) groups is 1. The standard InChI is InChI=1S/C27H33N3O5S2/c1-36(32,33)28-21-9-10-24-23(16-21)27(13-3-2-4-14-27)19-30(24)25(31)20-7-5-8-22(15-20)37(34,35)29-17-26(18-29)11-6-12-26/h5,7-10,15-16,28H,2-4,6,11-14,17-19H2,1H3. The van der Waals surface area contributed by atoms with Gasteiger partial charge in [-0.3, -0.25) is 9.52 Å². The summed E-state index contributed by atoms with van der Waals surface area (Å²) >= 11 is 0. The largest absolute Gasteiger partial charge is 0.307 e. The molecule has 2 saturated carbocycles. The molecule has 2 aliphatic carbocycles. The molecular weight excluding hydrogens is 510 g/mol. The summed E-state index contributed by atoms with van der Waals surface area (Å²) in [6.45, 7) is 1.65. The van der Waals surface area contributed by atoms with Crippen LogP contribution >= 0.6 is 0 Å². The fourth-order valence-corrected chi connectivity index (χ4v) is 9.01. The lowest BCUT2D eigenvalue weighted by Crippen LogP contribution is -2.61. The molecule has 1 amide bonds. The Morgan fingerprint density at radius 2 is 1.59 bits per heavy atom. The molecule has 2 aromatic carbocycles. The highest BCUT2D eigenvalue weighted by molar-refractivity contribution is 7.92. The van der Waals surface area contributed by atoms with Crippen molar-refractivity contribution in [1.29, 1.82) is 0 Å². The number of fused-ring (bicyclic) bond motifs is 2. The summed E-state index contributed by atoms with van der Waals surface area (Å²) in [6, 6.07) is 11.8. The second-order valence-electron chi connectivity index (χ2n) is 11.5. The van der Waals surface area contributed by atoms with E-state index in [0.29, 0.717) is 30.9 Å². The van der Waals surface area contributed by atoms with Crippen LogP contribution in [-0.4, -0.2) is 52.9 Å². The van der Waals surface area contributed by atoms with Crippen molar-refractivity contribution in [2.24, 2.45) is 5.41 Å². The van der Waals surface area contributed by atoms with Gasteiger partial charge in [0.05, 0.1) is 11.2 Å². The van der Waals surface area contributed by atoms with E-state index < -0.39 is 20.0 Å². The Morgan fingerprint density at radius 3 is 2.24 bits per heavy atom. The molecule has 0 radical (unpaired) electrons. The van der Waals surface area contributed by atoms with E-state index in [-0.39, 0.29) is 21.6 Å². The van der Waals surface area contributed by atoms with Gasteiger partial charge in [0, 0.05) is 42.0 Å². The fourth-order valence-electron chi connectivity index (χ4n) is 6.74. The van der Waals surface area contributed by atoms with Gasteiger partial charge in [0.15, 0.2) is 0 Å². The minimum absolute atomic E-state index is 0.159. The van der Waals surface area contributed by atoms with Crippen LogP contribution in [0.5, 0.6) is 0 Å². The van der Waals surface area contributed by atoms with Gasteiger partial charge in [0.1, 0.15) is 0 Å². The van der Waals surface area contributed by atoms with Gasteiger partial charge >= 0.3 is 0 Å². The van der Waals surface area contributed by atoms with Crippen molar-refractivity contribution in [1.82, 2.24) is 4.31 Å². The topological polar surface area (TPSA) is 104 Å². The third-order valence-electron chi connectivity index (χ3n) is 8.84. The third kappa shape index (κ3) is 4.27. The van der Waals surface area contributed by atoms with E-state index in [0.717, 1.165) is 62.5 Å². The highest BCUT2D eigenvalue weighted by Gasteiger charge is 2.51. The van der Waals surface area contributed by atoms with Crippen molar-refractivity contribution in [3.63, 3.8) is 0 Å². The number of benzene rings is 2. The first kappa shape index (κ1) is 24.9. The van der Waals surface area contributed by atoms with Crippen molar-refractivity contribution >= 4 is 37.3 Å². The number of anilines is 2. The first-order chi connectivity index (χ1) is 17.5. The number of hydrogen-bond acceptors (Lipinski definition) is 5. The average Bonchev–Trinajstić information content (AvgIpc) is 3.09. The maximum absolute atomic E-state index is 13.8. The Bertz CT molecular complexity index is 1470. The molecule has 3 fully saturated rings. The second kappa shape index (κ2) is 8.54. The van der Waals surface area contributed by atoms with E-state index in [1.807, 2.05) is 12.1 Å². The van der Waals surface area contributed by atoms with Crippen molar-refractivity contribution in [2.45, 2.75) is 61.7 Å². The van der Waals surface area contributed by atoms with Crippen molar-refractivity contribution in [3.8, 4) is 0 Å². The lowest BCUT2D eigenvalue weighted by molar-refractivity contribution is -0.00794. The number of nitrogens with zero attached hydrogens (tertiary/aromatic N) is 2. The van der Waals surface area contributed by atoms with Crippen LogP contribution in [0.1, 0.15) is 67.3 Å². The summed E-state index contributed by atoms with van der Waals surface area (Å²) in [6.07, 6.45) is 9.58. The van der Waals surface area contributed by atoms with Gasteiger partial charge < -0.3 is 4.90 Å². The predicted molar refractivity (Wildman–Crippen MR) is 143 cm³/mol. The Morgan fingerprint density at radius 1 is 0.865 bits per heavy atom. The molecule has 0 unspecified atom stereocenters. The van der Waals surface area contributed by atoms with E-state index in [4.69, 9.17) is 0 Å². The van der Waals surface area contributed by atoms with Crippen molar-refractivity contribution in [2.75, 3.05) is 35.5 Å². The molecule has 8 nitrogen and oxygen atoms in total. The molecule has 1 saturated heterocycles. The summed E-state index contributed by atoms with van der Waals surface area (Å²) in [7, 11) is -7.07. The molecule has 198 valence electrons. The monoisotopic (exact) mass is 543 g/mol. The second-order valence-corrected chi connectivity index (χ2v) is 15.2. The molecule has 2 aliphatic heterocycles. The number of nitrogens with one attached hydrogen (secondary N) is 1. The van der Waals surface area contributed by atoms with Crippen LogP contribution in [0.4, 0.5) is 11.4 Å². The maximum atomic E-state index is 13.8. The van der Waals surface area contributed by atoms with Crippen LogP contribution < -0.4 is 9.62 Å². The first-order valence-corrected chi connectivity index (χ1v) is 16.4. The SMILES string of the molecule is CS(=O)(=O)Nc1ccc2c(c1)C1(CCCCC1)CN2C(=O)c1cccc(S(=O)(=O)N2CC3(CCC3)C2)c1. The molecule has 10 heteroatoms. The molecule has 2 heterocycles. The van der Waals surface area contributed by atoms with Crippen LogP contribution in [0, 0.1) is 5.41 Å². The molecule has 0 bridgehead atoms. The minimum atomic E-state index is -3.64. The van der Waals surface area contributed by atoms with Crippen LogP contribution in [0.2, 0.25) is 0 Å².